The third-order valence-corrected chi connectivity index (χ3v) is 5.47. The number of hydrogen-bond donors (Lipinski definition) is 1. The highest BCUT2D eigenvalue weighted by molar-refractivity contribution is 7.91. The van der Waals surface area contributed by atoms with Crippen LogP contribution in [0.2, 0.25) is 0 Å². The van der Waals surface area contributed by atoms with Crippen LogP contribution in [0.15, 0.2) is 24.3 Å². The van der Waals surface area contributed by atoms with Gasteiger partial charge in [-0.25, -0.2) is 13.2 Å². The lowest BCUT2D eigenvalue weighted by atomic mass is 10.1. The molecule has 5 nitrogen and oxygen atoms in total. The number of carbonyl (C=O) groups is 1. The SMILES string of the molecule is CCc1ccc([C@H](C)NC(=O)N2CCS(=O)(=O)CC2)cc1. The molecule has 0 unspecified atom stereocenters. The van der Waals surface area contributed by atoms with Gasteiger partial charge < -0.3 is 10.2 Å². The van der Waals surface area contributed by atoms with E-state index in [1.807, 2.05) is 19.1 Å². The number of aryl methyl sites for hydroxylation is 1. The second-order valence-corrected chi connectivity index (χ2v) is 7.71. The predicted octanol–water partition coefficient (Wildman–Crippen LogP) is 1.75. The average molecular weight is 310 g/mol. The Morgan fingerprint density at radius 2 is 1.81 bits per heavy atom. The van der Waals surface area contributed by atoms with E-state index in [1.54, 1.807) is 4.90 Å². The van der Waals surface area contributed by atoms with Crippen molar-refractivity contribution >= 4 is 15.9 Å². The minimum atomic E-state index is -2.96. The second-order valence-electron chi connectivity index (χ2n) is 5.41. The molecule has 2 amide bonds. The van der Waals surface area contributed by atoms with Crippen molar-refractivity contribution in [2.45, 2.75) is 26.3 Å². The number of nitrogens with one attached hydrogen (secondary N) is 1. The lowest BCUT2D eigenvalue weighted by Gasteiger charge is -2.28. The second kappa shape index (κ2) is 6.47. The summed E-state index contributed by atoms with van der Waals surface area (Å²) in [7, 11) is -2.96. The molecule has 2 rings (SSSR count). The highest BCUT2D eigenvalue weighted by Gasteiger charge is 2.25. The molecule has 1 saturated heterocycles. The maximum Gasteiger partial charge on any atom is 0.317 e. The Balaban J connectivity index is 1.92. The molecule has 0 saturated carbocycles. The van der Waals surface area contributed by atoms with Crippen LogP contribution in [0.25, 0.3) is 0 Å². The monoisotopic (exact) mass is 310 g/mol. The predicted molar refractivity (Wildman–Crippen MR) is 83.0 cm³/mol. The molecule has 1 atom stereocenters. The van der Waals surface area contributed by atoms with Gasteiger partial charge in [0.05, 0.1) is 17.5 Å². The summed E-state index contributed by atoms with van der Waals surface area (Å²) in [5.41, 5.74) is 2.31. The molecule has 0 radical (unpaired) electrons. The number of benzene rings is 1. The number of hydrogen-bond acceptors (Lipinski definition) is 3. The van der Waals surface area contributed by atoms with Gasteiger partial charge in [0.1, 0.15) is 0 Å². The van der Waals surface area contributed by atoms with Gasteiger partial charge in [-0.1, -0.05) is 31.2 Å². The minimum Gasteiger partial charge on any atom is -0.331 e. The van der Waals surface area contributed by atoms with Gasteiger partial charge in [-0.2, -0.15) is 0 Å². The number of amides is 2. The Hall–Kier alpha value is -1.56. The molecule has 1 N–H and O–H groups in total. The van der Waals surface area contributed by atoms with E-state index in [0.29, 0.717) is 0 Å². The maximum absolute atomic E-state index is 12.1. The highest BCUT2D eigenvalue weighted by atomic mass is 32.2. The van der Waals surface area contributed by atoms with E-state index < -0.39 is 9.84 Å². The van der Waals surface area contributed by atoms with E-state index in [0.717, 1.165) is 12.0 Å². The maximum atomic E-state index is 12.1. The number of carbonyl (C=O) groups excluding carboxylic acids is 1. The zero-order valence-electron chi connectivity index (χ0n) is 12.5. The molecule has 1 fully saturated rings. The number of urea groups is 1. The van der Waals surface area contributed by atoms with Crippen LogP contribution in [-0.4, -0.2) is 43.9 Å². The van der Waals surface area contributed by atoms with Gasteiger partial charge in [0.2, 0.25) is 0 Å². The number of nitrogens with zero attached hydrogens (tertiary/aromatic N) is 1. The lowest BCUT2D eigenvalue weighted by molar-refractivity contribution is 0.199. The summed E-state index contributed by atoms with van der Waals surface area (Å²) in [6.45, 7) is 4.58. The normalized spacial score (nSPS) is 19.0. The molecule has 0 spiro atoms. The Bertz CT molecular complexity index is 582. The molecule has 1 aliphatic heterocycles. The average Bonchev–Trinajstić information content (AvgIpc) is 2.47. The van der Waals surface area contributed by atoms with Gasteiger partial charge in [0, 0.05) is 13.1 Å². The Morgan fingerprint density at radius 3 is 2.33 bits per heavy atom. The third-order valence-electron chi connectivity index (χ3n) is 3.86. The topological polar surface area (TPSA) is 66.5 Å². The standard InChI is InChI=1S/C15H22N2O3S/c1-3-13-4-6-14(7-5-13)12(2)16-15(18)17-8-10-21(19,20)11-9-17/h4-7,12H,3,8-11H2,1-2H3,(H,16,18)/t12-/m0/s1. The van der Waals surface area contributed by atoms with Gasteiger partial charge >= 0.3 is 6.03 Å². The molecular formula is C15H22N2O3S. The zero-order valence-corrected chi connectivity index (χ0v) is 13.3. The molecule has 1 aromatic rings. The van der Waals surface area contributed by atoms with Crippen molar-refractivity contribution in [3.63, 3.8) is 0 Å². The van der Waals surface area contributed by atoms with Gasteiger partial charge in [-0.15, -0.1) is 0 Å². The largest absolute Gasteiger partial charge is 0.331 e. The van der Waals surface area contributed by atoms with Crippen LogP contribution in [0.1, 0.15) is 31.0 Å². The number of rotatable bonds is 3. The summed E-state index contributed by atoms with van der Waals surface area (Å²) in [5.74, 6) is 0.111. The molecule has 0 aliphatic carbocycles. The summed E-state index contributed by atoms with van der Waals surface area (Å²) in [4.78, 5) is 13.7. The van der Waals surface area contributed by atoms with E-state index in [4.69, 9.17) is 0 Å². The molecule has 1 aromatic carbocycles. The zero-order chi connectivity index (χ0) is 15.5. The van der Waals surface area contributed by atoms with Crippen LogP contribution in [0.5, 0.6) is 0 Å². The fourth-order valence-electron chi connectivity index (χ4n) is 2.32. The van der Waals surface area contributed by atoms with Crippen molar-refractivity contribution in [3.05, 3.63) is 35.4 Å². The van der Waals surface area contributed by atoms with Crippen molar-refractivity contribution in [1.29, 1.82) is 0 Å². The van der Waals surface area contributed by atoms with Crippen LogP contribution in [0.4, 0.5) is 4.79 Å². The van der Waals surface area contributed by atoms with Crippen molar-refractivity contribution in [3.8, 4) is 0 Å². The van der Waals surface area contributed by atoms with Crippen LogP contribution in [-0.2, 0) is 16.3 Å². The molecule has 1 heterocycles. The smallest absolute Gasteiger partial charge is 0.317 e. The van der Waals surface area contributed by atoms with Crippen LogP contribution < -0.4 is 5.32 Å². The molecule has 21 heavy (non-hydrogen) atoms. The number of sulfone groups is 1. The Labute approximate surface area is 126 Å². The first kappa shape index (κ1) is 15.8. The molecule has 6 heteroatoms. The molecule has 0 bridgehead atoms. The van der Waals surface area contributed by atoms with E-state index >= 15 is 0 Å². The molecular weight excluding hydrogens is 288 g/mol. The van der Waals surface area contributed by atoms with E-state index in [-0.39, 0.29) is 36.7 Å². The van der Waals surface area contributed by atoms with Gasteiger partial charge in [-0.05, 0) is 24.5 Å². The Morgan fingerprint density at radius 1 is 1.24 bits per heavy atom. The summed E-state index contributed by atoms with van der Waals surface area (Å²) in [6.07, 6.45) is 0.989. The fourth-order valence-corrected chi connectivity index (χ4v) is 3.52. The van der Waals surface area contributed by atoms with Crippen molar-refractivity contribution < 1.29 is 13.2 Å². The minimum absolute atomic E-state index is 0.0556. The van der Waals surface area contributed by atoms with Crippen molar-refractivity contribution in [2.24, 2.45) is 0 Å². The van der Waals surface area contributed by atoms with Crippen LogP contribution >= 0.6 is 0 Å². The van der Waals surface area contributed by atoms with E-state index in [2.05, 4.69) is 24.4 Å². The summed E-state index contributed by atoms with van der Waals surface area (Å²) in [6, 6.07) is 7.87. The molecule has 116 valence electrons. The van der Waals surface area contributed by atoms with Gasteiger partial charge in [-0.3, -0.25) is 0 Å². The van der Waals surface area contributed by atoms with E-state index in [1.165, 1.54) is 5.56 Å². The molecule has 1 aliphatic rings. The van der Waals surface area contributed by atoms with Crippen LogP contribution in [0.3, 0.4) is 0 Å². The molecule has 0 aromatic heterocycles. The van der Waals surface area contributed by atoms with Crippen molar-refractivity contribution in [1.82, 2.24) is 10.2 Å². The summed E-state index contributed by atoms with van der Waals surface area (Å²) in [5, 5.41) is 2.92. The van der Waals surface area contributed by atoms with Crippen molar-refractivity contribution in [2.75, 3.05) is 24.6 Å². The van der Waals surface area contributed by atoms with Crippen LogP contribution in [0, 0.1) is 0 Å². The fraction of sp³-hybridized carbons (Fsp3) is 0.533. The van der Waals surface area contributed by atoms with Gasteiger partial charge in [0.25, 0.3) is 0 Å². The summed E-state index contributed by atoms with van der Waals surface area (Å²) >= 11 is 0. The summed E-state index contributed by atoms with van der Waals surface area (Å²) < 4.78 is 22.7. The quantitative estimate of drug-likeness (QED) is 0.925. The first-order valence-electron chi connectivity index (χ1n) is 7.26. The lowest BCUT2D eigenvalue weighted by Crippen LogP contribution is -2.48. The van der Waals surface area contributed by atoms with E-state index in [9.17, 15) is 13.2 Å². The Kier molecular flexibility index (Phi) is 4.88. The highest BCUT2D eigenvalue weighted by Crippen LogP contribution is 2.14. The van der Waals surface area contributed by atoms with Gasteiger partial charge in [0.15, 0.2) is 9.84 Å². The first-order chi connectivity index (χ1) is 9.91. The third kappa shape index (κ3) is 4.20. The first-order valence-corrected chi connectivity index (χ1v) is 9.08.